The SMILES string of the molecule is O=C(O)CCCCC(=O)Oc1ccccc1C=Cc1ccccc1. The Morgan fingerprint density at radius 2 is 1.54 bits per heavy atom. The molecule has 124 valence electrons. The van der Waals surface area contributed by atoms with E-state index < -0.39 is 5.97 Å². The number of rotatable bonds is 8. The number of carbonyl (C=O) groups is 2. The average molecular weight is 324 g/mol. The minimum Gasteiger partial charge on any atom is -0.481 e. The second-order valence-corrected chi connectivity index (χ2v) is 5.36. The second kappa shape index (κ2) is 9.30. The molecule has 2 aromatic carbocycles. The van der Waals surface area contributed by atoms with Gasteiger partial charge in [-0.05, 0) is 24.5 Å². The van der Waals surface area contributed by atoms with Crippen molar-refractivity contribution in [1.29, 1.82) is 0 Å². The van der Waals surface area contributed by atoms with Crippen LogP contribution in [-0.4, -0.2) is 17.0 Å². The van der Waals surface area contributed by atoms with Crippen LogP contribution in [-0.2, 0) is 9.59 Å². The molecule has 1 N–H and O–H groups in total. The summed E-state index contributed by atoms with van der Waals surface area (Å²) in [5.74, 6) is -0.686. The van der Waals surface area contributed by atoms with Gasteiger partial charge in [0, 0.05) is 18.4 Å². The lowest BCUT2D eigenvalue weighted by Gasteiger charge is -2.07. The van der Waals surface area contributed by atoms with Crippen LogP contribution < -0.4 is 4.74 Å². The molecule has 24 heavy (non-hydrogen) atoms. The van der Waals surface area contributed by atoms with E-state index in [4.69, 9.17) is 9.84 Å². The quantitative estimate of drug-likeness (QED) is 0.338. The zero-order valence-corrected chi connectivity index (χ0v) is 13.4. The molecule has 0 spiro atoms. The molecule has 0 atom stereocenters. The monoisotopic (exact) mass is 324 g/mol. The van der Waals surface area contributed by atoms with Crippen LogP contribution >= 0.6 is 0 Å². The van der Waals surface area contributed by atoms with E-state index in [9.17, 15) is 9.59 Å². The third-order valence-corrected chi connectivity index (χ3v) is 3.42. The highest BCUT2D eigenvalue weighted by atomic mass is 16.5. The molecule has 4 heteroatoms. The van der Waals surface area contributed by atoms with Gasteiger partial charge in [-0.3, -0.25) is 9.59 Å². The summed E-state index contributed by atoms with van der Waals surface area (Å²) in [6, 6.07) is 17.2. The topological polar surface area (TPSA) is 63.6 Å². The van der Waals surface area contributed by atoms with Gasteiger partial charge in [-0.15, -0.1) is 0 Å². The van der Waals surface area contributed by atoms with Gasteiger partial charge in [-0.25, -0.2) is 0 Å². The Kier molecular flexibility index (Phi) is 6.77. The summed E-state index contributed by atoms with van der Waals surface area (Å²) in [7, 11) is 0. The van der Waals surface area contributed by atoms with E-state index in [1.807, 2.05) is 60.7 Å². The van der Waals surface area contributed by atoms with Crippen LogP contribution in [0.4, 0.5) is 0 Å². The predicted molar refractivity (Wildman–Crippen MR) is 93.6 cm³/mol. The van der Waals surface area contributed by atoms with Crippen LogP contribution in [0.1, 0.15) is 36.8 Å². The van der Waals surface area contributed by atoms with Crippen LogP contribution in [0.3, 0.4) is 0 Å². The number of ether oxygens (including phenoxy) is 1. The maximum atomic E-state index is 11.9. The first-order chi connectivity index (χ1) is 11.6. The molecule has 0 aliphatic carbocycles. The standard InChI is InChI=1S/C20H20O4/c21-19(22)12-6-7-13-20(23)24-18-11-5-4-10-17(18)15-14-16-8-2-1-3-9-16/h1-5,8-11,14-15H,6-7,12-13H2,(H,21,22). The Balaban J connectivity index is 1.94. The Morgan fingerprint density at radius 1 is 0.875 bits per heavy atom. The minimum absolute atomic E-state index is 0.0731. The summed E-state index contributed by atoms with van der Waals surface area (Å²) in [6.45, 7) is 0. The number of hydrogen-bond donors (Lipinski definition) is 1. The van der Waals surface area contributed by atoms with Crippen molar-refractivity contribution in [2.24, 2.45) is 0 Å². The van der Waals surface area contributed by atoms with Crippen molar-refractivity contribution in [2.75, 3.05) is 0 Å². The Hall–Kier alpha value is -2.88. The van der Waals surface area contributed by atoms with Gasteiger partial charge in [0.15, 0.2) is 0 Å². The molecule has 0 unspecified atom stereocenters. The molecule has 2 aromatic rings. The lowest BCUT2D eigenvalue weighted by Crippen LogP contribution is -2.08. The summed E-state index contributed by atoms with van der Waals surface area (Å²) < 4.78 is 5.40. The van der Waals surface area contributed by atoms with Gasteiger partial charge in [0.05, 0.1) is 0 Å². The van der Waals surface area contributed by atoms with Gasteiger partial charge in [-0.1, -0.05) is 60.7 Å². The summed E-state index contributed by atoms with van der Waals surface area (Å²) >= 11 is 0. The van der Waals surface area contributed by atoms with Crippen LogP contribution in [0.25, 0.3) is 12.2 Å². The highest BCUT2D eigenvalue weighted by Gasteiger charge is 2.08. The Bertz CT molecular complexity index is 705. The summed E-state index contributed by atoms with van der Waals surface area (Å²) in [5.41, 5.74) is 1.88. The minimum atomic E-state index is -0.847. The van der Waals surface area contributed by atoms with Gasteiger partial charge < -0.3 is 9.84 Å². The molecule has 0 aromatic heterocycles. The highest BCUT2D eigenvalue weighted by Crippen LogP contribution is 2.21. The van der Waals surface area contributed by atoms with Gasteiger partial charge >= 0.3 is 11.9 Å². The first-order valence-corrected chi connectivity index (χ1v) is 7.90. The largest absolute Gasteiger partial charge is 0.481 e. The number of para-hydroxylation sites is 1. The first kappa shape index (κ1) is 17.5. The van der Waals surface area contributed by atoms with Crippen LogP contribution in [0, 0.1) is 0 Å². The maximum absolute atomic E-state index is 11.9. The summed E-state index contributed by atoms with van der Waals surface area (Å²) in [5, 5.41) is 8.58. The second-order valence-electron chi connectivity index (χ2n) is 5.36. The van der Waals surface area contributed by atoms with Crippen LogP contribution in [0.15, 0.2) is 54.6 Å². The lowest BCUT2D eigenvalue weighted by molar-refractivity contribution is -0.138. The number of carboxylic acids is 1. The molecule has 0 fully saturated rings. The van der Waals surface area contributed by atoms with Crippen molar-refractivity contribution >= 4 is 24.1 Å². The van der Waals surface area contributed by atoms with E-state index in [0.717, 1.165) is 11.1 Å². The Labute approximate surface area is 141 Å². The van der Waals surface area contributed by atoms with Gasteiger partial charge in [0.1, 0.15) is 5.75 Å². The molecule has 0 bridgehead atoms. The smallest absolute Gasteiger partial charge is 0.311 e. The predicted octanol–water partition coefficient (Wildman–Crippen LogP) is 4.41. The third-order valence-electron chi connectivity index (χ3n) is 3.42. The first-order valence-electron chi connectivity index (χ1n) is 7.90. The van der Waals surface area contributed by atoms with Gasteiger partial charge in [0.25, 0.3) is 0 Å². The van der Waals surface area contributed by atoms with Crippen molar-refractivity contribution in [3.8, 4) is 5.75 Å². The average Bonchev–Trinajstić information content (AvgIpc) is 2.59. The molecule has 0 saturated carbocycles. The molecular formula is C20H20O4. The van der Waals surface area contributed by atoms with Gasteiger partial charge in [0.2, 0.25) is 0 Å². The van der Waals surface area contributed by atoms with Gasteiger partial charge in [-0.2, -0.15) is 0 Å². The number of benzene rings is 2. The fourth-order valence-corrected chi connectivity index (χ4v) is 2.18. The van der Waals surface area contributed by atoms with Crippen LogP contribution in [0.5, 0.6) is 5.75 Å². The number of carboxylic acid groups (broad SMARTS) is 1. The van der Waals surface area contributed by atoms with E-state index in [1.165, 1.54) is 0 Å². The molecule has 0 amide bonds. The molecule has 4 nitrogen and oxygen atoms in total. The highest BCUT2D eigenvalue weighted by molar-refractivity contribution is 5.77. The fraction of sp³-hybridized carbons (Fsp3) is 0.200. The van der Waals surface area contributed by atoms with E-state index in [-0.39, 0.29) is 18.8 Å². The number of esters is 1. The van der Waals surface area contributed by atoms with Crippen molar-refractivity contribution in [3.05, 3.63) is 65.7 Å². The normalized spacial score (nSPS) is 10.7. The van der Waals surface area contributed by atoms with Crippen molar-refractivity contribution in [1.82, 2.24) is 0 Å². The Morgan fingerprint density at radius 3 is 2.29 bits per heavy atom. The molecular weight excluding hydrogens is 304 g/mol. The van der Waals surface area contributed by atoms with E-state index >= 15 is 0 Å². The molecule has 0 aliphatic heterocycles. The summed E-state index contributed by atoms with van der Waals surface area (Å²) in [4.78, 5) is 22.3. The zero-order valence-electron chi connectivity index (χ0n) is 13.4. The molecule has 0 heterocycles. The third kappa shape index (κ3) is 6.08. The molecule has 0 aliphatic rings. The van der Waals surface area contributed by atoms with Crippen molar-refractivity contribution in [3.63, 3.8) is 0 Å². The van der Waals surface area contributed by atoms with E-state index in [0.29, 0.717) is 18.6 Å². The number of carbonyl (C=O) groups excluding carboxylic acids is 1. The van der Waals surface area contributed by atoms with Crippen LogP contribution in [0.2, 0.25) is 0 Å². The van der Waals surface area contributed by atoms with E-state index in [1.54, 1.807) is 6.07 Å². The molecule has 2 rings (SSSR count). The molecule has 0 radical (unpaired) electrons. The lowest BCUT2D eigenvalue weighted by atomic mass is 10.1. The van der Waals surface area contributed by atoms with Crippen molar-refractivity contribution in [2.45, 2.75) is 25.7 Å². The summed E-state index contributed by atoms with van der Waals surface area (Å²) in [6.07, 6.45) is 5.13. The number of aliphatic carboxylic acids is 1. The number of hydrogen-bond acceptors (Lipinski definition) is 3. The zero-order chi connectivity index (χ0) is 17.2. The maximum Gasteiger partial charge on any atom is 0.311 e. The number of unbranched alkanes of at least 4 members (excludes halogenated alkanes) is 1. The molecule has 0 saturated heterocycles. The van der Waals surface area contributed by atoms with E-state index in [2.05, 4.69) is 0 Å². The fourth-order valence-electron chi connectivity index (χ4n) is 2.18. The van der Waals surface area contributed by atoms with Crippen molar-refractivity contribution < 1.29 is 19.4 Å².